The van der Waals surface area contributed by atoms with E-state index in [0.717, 1.165) is 34.6 Å². The van der Waals surface area contributed by atoms with Crippen LogP contribution in [0.1, 0.15) is 36.5 Å². The van der Waals surface area contributed by atoms with E-state index in [0.29, 0.717) is 12.8 Å². The van der Waals surface area contributed by atoms with Gasteiger partial charge in [0.15, 0.2) is 0 Å². The van der Waals surface area contributed by atoms with Crippen molar-refractivity contribution in [2.24, 2.45) is 0 Å². The molecule has 3 rings (SSSR count). The van der Waals surface area contributed by atoms with E-state index in [4.69, 9.17) is 9.84 Å². The van der Waals surface area contributed by atoms with E-state index in [2.05, 4.69) is 24.4 Å². The average molecular weight is 349 g/mol. The van der Waals surface area contributed by atoms with E-state index in [1.54, 1.807) is 0 Å². The Bertz CT molecular complexity index is 852. The molecule has 1 heterocycles. The number of carboxylic acids is 1. The van der Waals surface area contributed by atoms with Crippen molar-refractivity contribution in [2.75, 3.05) is 0 Å². The first-order chi connectivity index (χ1) is 12.7. The molecular weight excluding hydrogens is 326 g/mol. The van der Waals surface area contributed by atoms with E-state index in [1.807, 2.05) is 48.8 Å². The fourth-order valence-electron chi connectivity index (χ4n) is 3.04. The molecule has 134 valence electrons. The summed E-state index contributed by atoms with van der Waals surface area (Å²) >= 11 is 0. The fourth-order valence-corrected chi connectivity index (χ4v) is 3.04. The summed E-state index contributed by atoms with van der Waals surface area (Å²) in [4.78, 5) is 10.9. The first-order valence-electron chi connectivity index (χ1n) is 8.86. The second kappa shape index (κ2) is 8.39. The molecule has 0 aromatic heterocycles. The summed E-state index contributed by atoms with van der Waals surface area (Å²) < 4.78 is 6.05. The predicted octanol–water partition coefficient (Wildman–Crippen LogP) is 4.52. The van der Waals surface area contributed by atoms with Gasteiger partial charge < -0.3 is 15.2 Å². The zero-order chi connectivity index (χ0) is 18.4. The number of allylic oxidation sites excluding steroid dienone is 1. The normalized spacial score (nSPS) is 13.4. The lowest BCUT2D eigenvalue weighted by molar-refractivity contribution is -0.136. The van der Waals surface area contributed by atoms with E-state index >= 15 is 0 Å². The summed E-state index contributed by atoms with van der Waals surface area (Å²) in [7, 11) is 0. The maximum atomic E-state index is 10.9. The maximum Gasteiger partial charge on any atom is 0.303 e. The van der Waals surface area contributed by atoms with Crippen molar-refractivity contribution in [1.82, 2.24) is 5.32 Å². The van der Waals surface area contributed by atoms with Crippen LogP contribution in [0.4, 0.5) is 0 Å². The van der Waals surface area contributed by atoms with Crippen molar-refractivity contribution in [3.8, 4) is 5.75 Å². The molecule has 2 aromatic carbocycles. The largest absolute Gasteiger partial charge is 0.481 e. The van der Waals surface area contributed by atoms with Crippen molar-refractivity contribution in [3.63, 3.8) is 0 Å². The van der Waals surface area contributed by atoms with Crippen LogP contribution in [0.3, 0.4) is 0 Å². The summed E-state index contributed by atoms with van der Waals surface area (Å²) in [5.74, 6) is 0.886. The van der Waals surface area contributed by atoms with E-state index in [1.165, 1.54) is 5.56 Å². The molecule has 0 saturated carbocycles. The Kier molecular flexibility index (Phi) is 5.74. The first-order valence-corrected chi connectivity index (χ1v) is 8.86. The Morgan fingerprint density at radius 1 is 1.15 bits per heavy atom. The molecule has 0 amide bonds. The highest BCUT2D eigenvalue weighted by Gasteiger charge is 2.15. The van der Waals surface area contributed by atoms with Crippen LogP contribution in [0.25, 0.3) is 5.57 Å². The molecule has 1 aliphatic rings. The van der Waals surface area contributed by atoms with Gasteiger partial charge in [0, 0.05) is 25.2 Å². The van der Waals surface area contributed by atoms with Crippen LogP contribution in [-0.4, -0.2) is 11.1 Å². The van der Waals surface area contributed by atoms with Gasteiger partial charge in [0.2, 0.25) is 0 Å². The minimum absolute atomic E-state index is 0.126. The minimum Gasteiger partial charge on any atom is -0.481 e. The highest BCUT2D eigenvalue weighted by atomic mass is 16.5. The number of hydrogen-bond acceptors (Lipinski definition) is 3. The van der Waals surface area contributed by atoms with Crippen molar-refractivity contribution in [2.45, 2.75) is 32.6 Å². The molecule has 0 atom stereocenters. The maximum absolute atomic E-state index is 10.9. The highest BCUT2D eigenvalue weighted by Crippen LogP contribution is 2.29. The van der Waals surface area contributed by atoms with Crippen molar-refractivity contribution < 1.29 is 14.6 Å². The number of ether oxygens (including phenoxy) is 1. The van der Waals surface area contributed by atoms with Crippen LogP contribution in [0, 0.1) is 0 Å². The molecule has 2 aromatic rings. The standard InChI is InChI=1S/C22H23NO3/c1-2-16-6-5-8-19(12-16)26-20-13-18(14-23-15-20)21-9-4-3-7-17(21)10-11-22(24)25/h3-9,12,14-15,23H,2,10-11,13H2,1H3,(H,24,25). The topological polar surface area (TPSA) is 58.6 Å². The monoisotopic (exact) mass is 349 g/mol. The first kappa shape index (κ1) is 17.8. The fraction of sp³-hybridized carbons (Fsp3) is 0.227. The third-order valence-corrected chi connectivity index (χ3v) is 4.39. The summed E-state index contributed by atoms with van der Waals surface area (Å²) in [5, 5.41) is 12.1. The molecule has 0 bridgehead atoms. The second-order valence-corrected chi connectivity index (χ2v) is 6.28. The Labute approximate surface area is 153 Å². The number of nitrogens with one attached hydrogen (secondary N) is 1. The Hall–Kier alpha value is -3.01. The molecule has 2 N–H and O–H groups in total. The number of dihydropyridines is 1. The van der Waals surface area contributed by atoms with Gasteiger partial charge in [0.25, 0.3) is 0 Å². The Morgan fingerprint density at radius 2 is 2.00 bits per heavy atom. The molecule has 4 nitrogen and oxygen atoms in total. The molecule has 0 fully saturated rings. The lowest BCUT2D eigenvalue weighted by atomic mass is 9.94. The predicted molar refractivity (Wildman–Crippen MR) is 103 cm³/mol. The van der Waals surface area contributed by atoms with Crippen LogP contribution >= 0.6 is 0 Å². The Morgan fingerprint density at radius 3 is 2.81 bits per heavy atom. The number of aliphatic carboxylic acids is 1. The summed E-state index contributed by atoms with van der Waals surface area (Å²) in [6.07, 6.45) is 6.09. The average Bonchev–Trinajstić information content (AvgIpc) is 2.67. The van der Waals surface area contributed by atoms with E-state index in [9.17, 15) is 4.79 Å². The van der Waals surface area contributed by atoms with Gasteiger partial charge in [0.05, 0.1) is 0 Å². The van der Waals surface area contributed by atoms with Crippen LogP contribution in [0.5, 0.6) is 5.75 Å². The number of hydrogen-bond donors (Lipinski definition) is 2. The zero-order valence-electron chi connectivity index (χ0n) is 14.9. The Balaban J connectivity index is 1.73. The lowest BCUT2D eigenvalue weighted by Crippen LogP contribution is -2.11. The number of rotatable bonds is 7. The van der Waals surface area contributed by atoms with Crippen LogP contribution in [0.15, 0.2) is 66.7 Å². The molecule has 0 radical (unpaired) electrons. The van der Waals surface area contributed by atoms with Gasteiger partial charge in [0.1, 0.15) is 11.5 Å². The quantitative estimate of drug-likeness (QED) is 0.771. The molecule has 0 saturated heterocycles. The molecule has 4 heteroatoms. The molecule has 26 heavy (non-hydrogen) atoms. The lowest BCUT2D eigenvalue weighted by Gasteiger charge is -2.19. The molecule has 1 aliphatic heterocycles. The van der Waals surface area contributed by atoms with Crippen molar-refractivity contribution in [1.29, 1.82) is 0 Å². The minimum atomic E-state index is -0.782. The van der Waals surface area contributed by atoms with Crippen molar-refractivity contribution >= 4 is 11.5 Å². The third-order valence-electron chi connectivity index (χ3n) is 4.39. The summed E-state index contributed by atoms with van der Waals surface area (Å²) in [6.45, 7) is 2.12. The van der Waals surface area contributed by atoms with E-state index < -0.39 is 5.97 Å². The molecule has 0 spiro atoms. The third kappa shape index (κ3) is 4.54. The zero-order valence-corrected chi connectivity index (χ0v) is 14.9. The molecular formula is C22H23NO3. The number of benzene rings is 2. The van der Waals surface area contributed by atoms with Gasteiger partial charge in [-0.3, -0.25) is 4.79 Å². The van der Waals surface area contributed by atoms with Crippen LogP contribution in [-0.2, 0) is 17.6 Å². The number of aryl methyl sites for hydroxylation is 2. The second-order valence-electron chi connectivity index (χ2n) is 6.28. The van der Waals surface area contributed by atoms with Gasteiger partial charge in [-0.2, -0.15) is 0 Å². The van der Waals surface area contributed by atoms with Gasteiger partial charge in [-0.1, -0.05) is 43.3 Å². The van der Waals surface area contributed by atoms with Crippen LogP contribution in [0.2, 0.25) is 0 Å². The summed E-state index contributed by atoms with van der Waals surface area (Å²) in [6, 6.07) is 16.0. The smallest absolute Gasteiger partial charge is 0.303 e. The summed E-state index contributed by atoms with van der Waals surface area (Å²) in [5.41, 5.74) is 4.44. The number of carbonyl (C=O) groups is 1. The molecule has 0 unspecified atom stereocenters. The SMILES string of the molecule is CCc1cccc(OC2=CNC=C(c3ccccc3CCC(=O)O)C2)c1. The van der Waals surface area contributed by atoms with Crippen LogP contribution < -0.4 is 10.1 Å². The van der Waals surface area contributed by atoms with Gasteiger partial charge in [-0.25, -0.2) is 0 Å². The van der Waals surface area contributed by atoms with Gasteiger partial charge >= 0.3 is 5.97 Å². The van der Waals surface area contributed by atoms with E-state index in [-0.39, 0.29) is 6.42 Å². The molecule has 0 aliphatic carbocycles. The van der Waals surface area contributed by atoms with Gasteiger partial charge in [-0.15, -0.1) is 0 Å². The number of carboxylic acid groups (broad SMARTS) is 1. The van der Waals surface area contributed by atoms with Gasteiger partial charge in [-0.05, 0) is 47.2 Å². The van der Waals surface area contributed by atoms with Crippen molar-refractivity contribution in [3.05, 3.63) is 83.4 Å². The highest BCUT2D eigenvalue weighted by molar-refractivity contribution is 5.72.